The fourth-order valence-corrected chi connectivity index (χ4v) is 7.09. The largest absolute Gasteiger partial charge is 0.497 e. The summed E-state index contributed by atoms with van der Waals surface area (Å²) in [6.45, 7) is 0.865. The number of anilines is 2. The highest BCUT2D eigenvalue weighted by Crippen LogP contribution is 2.31. The van der Waals surface area contributed by atoms with Gasteiger partial charge in [0.1, 0.15) is 11.5 Å². The first-order valence-corrected chi connectivity index (χ1v) is 15.8. The van der Waals surface area contributed by atoms with Crippen molar-refractivity contribution in [3.8, 4) is 11.5 Å². The number of rotatable bonds is 9. The van der Waals surface area contributed by atoms with Gasteiger partial charge in [-0.15, -0.1) is 0 Å². The van der Waals surface area contributed by atoms with Gasteiger partial charge in [-0.05, 0) is 67.4 Å². The second-order valence-corrected chi connectivity index (χ2v) is 13.1. The van der Waals surface area contributed by atoms with Crippen molar-refractivity contribution in [2.45, 2.75) is 35.5 Å². The van der Waals surface area contributed by atoms with Crippen LogP contribution >= 0.6 is 11.6 Å². The highest BCUT2D eigenvalue weighted by atomic mass is 35.5. The highest BCUT2D eigenvalue weighted by Gasteiger charge is 2.27. The molecule has 0 saturated carbocycles. The Morgan fingerprint density at radius 2 is 1.48 bits per heavy atom. The Labute approximate surface area is 239 Å². The second kappa shape index (κ2) is 12.5. The zero-order chi connectivity index (χ0) is 28.9. The quantitative estimate of drug-likeness (QED) is 0.351. The first-order chi connectivity index (χ1) is 19.0. The van der Waals surface area contributed by atoms with E-state index in [0.29, 0.717) is 24.5 Å². The maximum atomic E-state index is 13.2. The summed E-state index contributed by atoms with van der Waals surface area (Å²) in [5, 5.41) is 2.73. The van der Waals surface area contributed by atoms with E-state index in [1.807, 2.05) is 0 Å². The number of methoxy groups -OCH3 is 2. The lowest BCUT2D eigenvalue weighted by Gasteiger charge is -2.20. The van der Waals surface area contributed by atoms with Gasteiger partial charge in [0.05, 0.1) is 40.3 Å². The number of sulfonamides is 2. The Kier molecular flexibility index (Phi) is 9.24. The lowest BCUT2D eigenvalue weighted by molar-refractivity contribution is 0.102. The molecule has 10 nitrogen and oxygen atoms in total. The number of amides is 1. The molecule has 0 aromatic heterocycles. The summed E-state index contributed by atoms with van der Waals surface area (Å²) in [5.41, 5.74) is 0.510. The smallest absolute Gasteiger partial charge is 0.262 e. The van der Waals surface area contributed by atoms with Gasteiger partial charge < -0.3 is 14.8 Å². The lowest BCUT2D eigenvalue weighted by atomic mass is 10.2. The summed E-state index contributed by atoms with van der Waals surface area (Å²) in [6, 6.07) is 14.2. The third-order valence-electron chi connectivity index (χ3n) is 6.46. The number of ether oxygens (including phenoxy) is 2. The van der Waals surface area contributed by atoms with Gasteiger partial charge in [0, 0.05) is 24.8 Å². The monoisotopic (exact) mass is 607 g/mol. The minimum absolute atomic E-state index is 0.00887. The molecule has 0 bridgehead atoms. The van der Waals surface area contributed by atoms with E-state index in [1.54, 1.807) is 12.1 Å². The van der Waals surface area contributed by atoms with Crippen LogP contribution in [0.2, 0.25) is 5.02 Å². The predicted octanol–water partition coefficient (Wildman–Crippen LogP) is 4.98. The minimum atomic E-state index is -3.98. The molecule has 40 heavy (non-hydrogen) atoms. The molecule has 1 aliphatic heterocycles. The van der Waals surface area contributed by atoms with Crippen LogP contribution in [0.25, 0.3) is 0 Å². The fraction of sp³-hybridized carbons (Fsp3) is 0.296. The van der Waals surface area contributed by atoms with Gasteiger partial charge >= 0.3 is 0 Å². The van der Waals surface area contributed by atoms with Crippen LogP contribution in [-0.4, -0.2) is 54.4 Å². The van der Waals surface area contributed by atoms with Crippen LogP contribution in [0.4, 0.5) is 11.4 Å². The normalized spacial score (nSPS) is 14.7. The van der Waals surface area contributed by atoms with Gasteiger partial charge in [-0.25, -0.2) is 16.8 Å². The van der Waals surface area contributed by atoms with Crippen molar-refractivity contribution in [1.29, 1.82) is 0 Å². The molecule has 0 aliphatic carbocycles. The lowest BCUT2D eigenvalue weighted by Crippen LogP contribution is -2.32. The number of carbonyl (C=O) groups is 1. The van der Waals surface area contributed by atoms with Crippen LogP contribution < -0.4 is 19.5 Å². The van der Waals surface area contributed by atoms with Crippen LogP contribution in [0.15, 0.2) is 70.5 Å². The molecule has 0 atom stereocenters. The van der Waals surface area contributed by atoms with Crippen LogP contribution in [0.3, 0.4) is 0 Å². The van der Waals surface area contributed by atoms with Crippen LogP contribution in [0, 0.1) is 0 Å². The molecule has 2 N–H and O–H groups in total. The number of hydrogen-bond donors (Lipinski definition) is 2. The third-order valence-corrected chi connectivity index (χ3v) is 10.1. The Balaban J connectivity index is 1.50. The summed E-state index contributed by atoms with van der Waals surface area (Å²) >= 11 is 6.25. The van der Waals surface area contributed by atoms with Crippen molar-refractivity contribution >= 4 is 48.9 Å². The first-order valence-electron chi connectivity index (χ1n) is 12.5. The maximum absolute atomic E-state index is 13.2. The van der Waals surface area contributed by atoms with E-state index in [1.165, 1.54) is 67.1 Å². The van der Waals surface area contributed by atoms with Crippen LogP contribution in [0.1, 0.15) is 36.0 Å². The van der Waals surface area contributed by atoms with Crippen molar-refractivity contribution in [1.82, 2.24) is 4.31 Å². The molecule has 1 aliphatic rings. The van der Waals surface area contributed by atoms with Crippen molar-refractivity contribution in [3.63, 3.8) is 0 Å². The number of carbonyl (C=O) groups excluding carboxylic acids is 1. The van der Waals surface area contributed by atoms with E-state index < -0.39 is 26.0 Å². The Hall–Kier alpha value is -3.32. The van der Waals surface area contributed by atoms with Gasteiger partial charge in [0.25, 0.3) is 15.9 Å². The number of nitrogens with zero attached hydrogens (tertiary/aromatic N) is 1. The van der Waals surface area contributed by atoms with E-state index >= 15 is 0 Å². The van der Waals surface area contributed by atoms with Gasteiger partial charge in [0.15, 0.2) is 0 Å². The molecule has 3 aromatic rings. The van der Waals surface area contributed by atoms with Crippen LogP contribution in [0.5, 0.6) is 11.5 Å². The van der Waals surface area contributed by atoms with Gasteiger partial charge in [-0.3, -0.25) is 9.52 Å². The van der Waals surface area contributed by atoms with E-state index in [-0.39, 0.29) is 31.8 Å². The molecular weight excluding hydrogens is 578 g/mol. The Morgan fingerprint density at radius 3 is 2.10 bits per heavy atom. The van der Waals surface area contributed by atoms with Gasteiger partial charge in [-0.1, -0.05) is 24.4 Å². The Bertz CT molecular complexity index is 1590. The van der Waals surface area contributed by atoms with E-state index in [4.69, 9.17) is 21.1 Å². The molecule has 214 valence electrons. The molecule has 0 radical (unpaired) electrons. The van der Waals surface area contributed by atoms with Gasteiger partial charge in [-0.2, -0.15) is 4.31 Å². The minimum Gasteiger partial charge on any atom is -0.497 e. The third kappa shape index (κ3) is 6.69. The molecule has 13 heteroatoms. The molecule has 1 saturated heterocycles. The zero-order valence-corrected chi connectivity index (χ0v) is 24.4. The summed E-state index contributed by atoms with van der Waals surface area (Å²) in [5.74, 6) is 0.156. The molecule has 0 spiro atoms. The average molecular weight is 608 g/mol. The average Bonchev–Trinajstić information content (AvgIpc) is 3.24. The molecule has 3 aromatic carbocycles. The first kappa shape index (κ1) is 29.7. The number of hydrogen-bond acceptors (Lipinski definition) is 7. The molecule has 0 unspecified atom stereocenters. The molecule has 1 amide bonds. The topological polar surface area (TPSA) is 131 Å². The maximum Gasteiger partial charge on any atom is 0.262 e. The summed E-state index contributed by atoms with van der Waals surface area (Å²) in [6.07, 6.45) is 3.53. The molecule has 1 fully saturated rings. The summed E-state index contributed by atoms with van der Waals surface area (Å²) in [4.78, 5) is 13.0. The molecule has 4 rings (SSSR count). The highest BCUT2D eigenvalue weighted by molar-refractivity contribution is 7.92. The second-order valence-electron chi connectivity index (χ2n) is 9.11. The van der Waals surface area contributed by atoms with Crippen molar-refractivity contribution in [3.05, 3.63) is 71.2 Å². The van der Waals surface area contributed by atoms with E-state index in [9.17, 15) is 21.6 Å². The molecule has 1 heterocycles. The zero-order valence-electron chi connectivity index (χ0n) is 22.0. The predicted molar refractivity (Wildman–Crippen MR) is 153 cm³/mol. The summed E-state index contributed by atoms with van der Waals surface area (Å²) in [7, 11) is -4.86. The van der Waals surface area contributed by atoms with Crippen molar-refractivity contribution < 1.29 is 31.1 Å². The van der Waals surface area contributed by atoms with E-state index in [0.717, 1.165) is 25.7 Å². The Morgan fingerprint density at radius 1 is 0.825 bits per heavy atom. The van der Waals surface area contributed by atoms with Crippen molar-refractivity contribution in [2.75, 3.05) is 37.3 Å². The summed E-state index contributed by atoms with van der Waals surface area (Å²) < 4.78 is 66.6. The van der Waals surface area contributed by atoms with Crippen LogP contribution in [-0.2, 0) is 20.0 Å². The van der Waals surface area contributed by atoms with E-state index in [2.05, 4.69) is 10.0 Å². The van der Waals surface area contributed by atoms with Crippen molar-refractivity contribution in [2.24, 2.45) is 0 Å². The SMILES string of the molecule is COc1ccc(NS(=O)(=O)c2ccc(NC(=O)c3cc(S(=O)(=O)N4CCCCCC4)ccc3Cl)cc2)c(OC)c1. The fourth-order valence-electron chi connectivity index (χ4n) is 4.27. The van der Waals surface area contributed by atoms with Gasteiger partial charge in [0.2, 0.25) is 10.0 Å². The number of nitrogens with one attached hydrogen (secondary N) is 2. The molecular formula is C27H30ClN3O7S2. The number of halogens is 1. The standard InChI is InChI=1S/C27H30ClN3O7S2/c1-37-20-9-14-25(26(17-20)38-2)30-39(33,34)21-10-7-19(8-11-21)29-27(32)23-18-22(12-13-24(23)28)40(35,36)31-15-5-3-4-6-16-31/h7-14,17-18,30H,3-6,15-16H2,1-2H3,(H,29,32). The number of benzene rings is 3.